The Balaban J connectivity index is 1.52. The minimum absolute atomic E-state index is 0.101. The van der Waals surface area contributed by atoms with E-state index in [2.05, 4.69) is 22.4 Å². The number of benzene rings is 1. The van der Waals surface area contributed by atoms with Gasteiger partial charge in [-0.3, -0.25) is 4.79 Å². The van der Waals surface area contributed by atoms with Gasteiger partial charge < -0.3 is 15.0 Å². The number of rotatable bonds is 6. The van der Waals surface area contributed by atoms with Crippen molar-refractivity contribution in [2.24, 2.45) is 0 Å². The molecule has 1 aromatic carbocycles. The van der Waals surface area contributed by atoms with Crippen LogP contribution in [0.1, 0.15) is 31.2 Å². The summed E-state index contributed by atoms with van der Waals surface area (Å²) in [6.07, 6.45) is 6.56. The largest absolute Gasteiger partial charge is 0.376 e. The molecule has 1 aromatic heterocycles. The zero-order valence-electron chi connectivity index (χ0n) is 12.4. The molecule has 0 spiro atoms. The van der Waals surface area contributed by atoms with Crippen LogP contribution < -0.4 is 5.32 Å². The molecule has 2 aromatic rings. The van der Waals surface area contributed by atoms with E-state index in [0.717, 1.165) is 24.8 Å². The molecule has 0 atom stereocenters. The number of aryl methyl sites for hydroxylation is 1. The number of amides is 1. The van der Waals surface area contributed by atoms with E-state index >= 15 is 0 Å². The Kier molecular flexibility index (Phi) is 3.97. The number of carbonyl (C=O) groups is 1. The molecule has 1 aliphatic rings. The van der Waals surface area contributed by atoms with Gasteiger partial charge in [-0.05, 0) is 37.3 Å². The monoisotopic (exact) mass is 286 g/mol. The fourth-order valence-corrected chi connectivity index (χ4v) is 2.96. The summed E-state index contributed by atoms with van der Waals surface area (Å²) < 4.78 is 5.51. The van der Waals surface area contributed by atoms with E-state index < -0.39 is 0 Å². The van der Waals surface area contributed by atoms with Gasteiger partial charge in [0.15, 0.2) is 0 Å². The van der Waals surface area contributed by atoms with Crippen LogP contribution in [-0.4, -0.2) is 30.1 Å². The van der Waals surface area contributed by atoms with E-state index in [1.807, 2.05) is 18.3 Å². The summed E-state index contributed by atoms with van der Waals surface area (Å²) in [5.74, 6) is 0.101. The molecule has 3 rings (SSSR count). The number of nitrogens with one attached hydrogen (secondary N) is 2. The summed E-state index contributed by atoms with van der Waals surface area (Å²) >= 11 is 0. The quantitative estimate of drug-likeness (QED) is 0.858. The van der Waals surface area contributed by atoms with Gasteiger partial charge in [-0.1, -0.05) is 18.2 Å². The van der Waals surface area contributed by atoms with Gasteiger partial charge in [0.1, 0.15) is 0 Å². The predicted octanol–water partition coefficient (Wildman–Crippen LogP) is 2.79. The lowest BCUT2D eigenvalue weighted by Crippen LogP contribution is -2.49. The van der Waals surface area contributed by atoms with Gasteiger partial charge in [0.25, 0.3) is 0 Å². The minimum Gasteiger partial charge on any atom is -0.376 e. The van der Waals surface area contributed by atoms with Gasteiger partial charge in [-0.25, -0.2) is 0 Å². The fourth-order valence-electron chi connectivity index (χ4n) is 2.96. The number of para-hydroxylation sites is 1. The number of hydrogen-bond acceptors (Lipinski definition) is 2. The molecule has 1 heterocycles. The summed E-state index contributed by atoms with van der Waals surface area (Å²) in [5.41, 5.74) is 2.22. The Bertz CT molecular complexity index is 623. The number of ether oxygens (including phenoxy) is 1. The summed E-state index contributed by atoms with van der Waals surface area (Å²) in [5, 5.41) is 4.22. The van der Waals surface area contributed by atoms with E-state index in [0.29, 0.717) is 13.0 Å². The number of fused-ring (bicyclic) bond motifs is 1. The predicted molar refractivity (Wildman–Crippen MR) is 83.2 cm³/mol. The first-order valence-electron chi connectivity index (χ1n) is 7.59. The van der Waals surface area contributed by atoms with Crippen LogP contribution >= 0.6 is 0 Å². The van der Waals surface area contributed by atoms with E-state index in [4.69, 9.17) is 4.74 Å². The third-order valence-electron chi connectivity index (χ3n) is 4.60. The van der Waals surface area contributed by atoms with Crippen LogP contribution in [-0.2, 0) is 16.0 Å². The van der Waals surface area contributed by atoms with Gasteiger partial charge in [-0.2, -0.15) is 0 Å². The SMILES string of the molecule is COC1(CNC(=O)CCc2c[nH]c3ccccc23)CCC1. The molecule has 1 fully saturated rings. The van der Waals surface area contributed by atoms with Gasteiger partial charge in [0, 0.05) is 37.2 Å². The second-order valence-electron chi connectivity index (χ2n) is 5.88. The molecule has 1 aliphatic carbocycles. The standard InChI is InChI=1S/C17H22N2O2/c1-21-17(9-4-10-17)12-19-16(20)8-7-13-11-18-15-6-3-2-5-14(13)15/h2-3,5-6,11,18H,4,7-10,12H2,1H3,(H,19,20). The van der Waals surface area contributed by atoms with Gasteiger partial charge in [0.05, 0.1) is 5.60 Å². The molecule has 0 bridgehead atoms. The first-order valence-corrected chi connectivity index (χ1v) is 7.59. The van der Waals surface area contributed by atoms with Crippen molar-refractivity contribution in [2.75, 3.05) is 13.7 Å². The molecule has 4 heteroatoms. The Hall–Kier alpha value is -1.81. The van der Waals surface area contributed by atoms with Gasteiger partial charge in [0.2, 0.25) is 5.91 Å². The zero-order valence-corrected chi connectivity index (χ0v) is 12.4. The van der Waals surface area contributed by atoms with E-state index in [1.165, 1.54) is 17.4 Å². The maximum Gasteiger partial charge on any atom is 0.220 e. The van der Waals surface area contributed by atoms with Crippen molar-refractivity contribution in [2.45, 2.75) is 37.7 Å². The zero-order chi connectivity index (χ0) is 14.7. The number of methoxy groups -OCH3 is 1. The molecule has 0 aliphatic heterocycles. The normalized spacial score (nSPS) is 16.6. The molecule has 1 saturated carbocycles. The average Bonchev–Trinajstić information content (AvgIpc) is 2.88. The number of aromatic nitrogens is 1. The van der Waals surface area contributed by atoms with Crippen molar-refractivity contribution >= 4 is 16.8 Å². The lowest BCUT2D eigenvalue weighted by molar-refractivity contribution is -0.124. The Labute approximate surface area is 124 Å². The second-order valence-corrected chi connectivity index (χ2v) is 5.88. The maximum absolute atomic E-state index is 12.0. The summed E-state index contributed by atoms with van der Waals surface area (Å²) in [6, 6.07) is 8.18. The molecule has 0 saturated heterocycles. The highest BCUT2D eigenvalue weighted by molar-refractivity contribution is 5.84. The summed E-state index contributed by atoms with van der Waals surface area (Å²) in [4.78, 5) is 15.2. The first kappa shape index (κ1) is 14.1. The third kappa shape index (κ3) is 2.95. The molecule has 112 valence electrons. The molecular formula is C17H22N2O2. The van der Waals surface area contributed by atoms with Crippen molar-refractivity contribution < 1.29 is 9.53 Å². The first-order chi connectivity index (χ1) is 10.2. The van der Waals surface area contributed by atoms with E-state index in [1.54, 1.807) is 7.11 Å². The highest BCUT2D eigenvalue weighted by Gasteiger charge is 2.37. The van der Waals surface area contributed by atoms with Crippen LogP contribution in [0.25, 0.3) is 10.9 Å². The lowest BCUT2D eigenvalue weighted by atomic mass is 9.80. The smallest absolute Gasteiger partial charge is 0.220 e. The van der Waals surface area contributed by atoms with Crippen LogP contribution in [0.2, 0.25) is 0 Å². The number of hydrogen-bond donors (Lipinski definition) is 2. The molecule has 1 amide bonds. The van der Waals surface area contributed by atoms with Crippen molar-refractivity contribution in [1.82, 2.24) is 10.3 Å². The van der Waals surface area contributed by atoms with Crippen molar-refractivity contribution in [3.8, 4) is 0 Å². The Morgan fingerprint density at radius 3 is 2.90 bits per heavy atom. The molecule has 0 radical (unpaired) electrons. The number of aromatic amines is 1. The van der Waals surface area contributed by atoms with Crippen LogP contribution in [0, 0.1) is 0 Å². The summed E-state index contributed by atoms with van der Waals surface area (Å²) in [7, 11) is 1.73. The number of carbonyl (C=O) groups excluding carboxylic acids is 1. The molecule has 21 heavy (non-hydrogen) atoms. The number of H-pyrrole nitrogens is 1. The Morgan fingerprint density at radius 1 is 1.38 bits per heavy atom. The van der Waals surface area contributed by atoms with E-state index in [9.17, 15) is 4.79 Å². The van der Waals surface area contributed by atoms with Crippen LogP contribution in [0.3, 0.4) is 0 Å². The van der Waals surface area contributed by atoms with Crippen molar-refractivity contribution in [3.63, 3.8) is 0 Å². The molecule has 2 N–H and O–H groups in total. The summed E-state index contributed by atoms with van der Waals surface area (Å²) in [6.45, 7) is 0.635. The maximum atomic E-state index is 12.0. The van der Waals surface area contributed by atoms with Gasteiger partial charge in [-0.15, -0.1) is 0 Å². The lowest BCUT2D eigenvalue weighted by Gasteiger charge is -2.40. The highest BCUT2D eigenvalue weighted by atomic mass is 16.5. The molecular weight excluding hydrogens is 264 g/mol. The fraction of sp³-hybridized carbons (Fsp3) is 0.471. The minimum atomic E-state index is -0.101. The van der Waals surface area contributed by atoms with Crippen molar-refractivity contribution in [3.05, 3.63) is 36.0 Å². The van der Waals surface area contributed by atoms with Crippen LogP contribution in [0.4, 0.5) is 0 Å². The molecule has 0 unspecified atom stereocenters. The van der Waals surface area contributed by atoms with Crippen LogP contribution in [0.5, 0.6) is 0 Å². The van der Waals surface area contributed by atoms with E-state index in [-0.39, 0.29) is 11.5 Å². The highest BCUT2D eigenvalue weighted by Crippen LogP contribution is 2.34. The van der Waals surface area contributed by atoms with Crippen molar-refractivity contribution in [1.29, 1.82) is 0 Å². The average molecular weight is 286 g/mol. The second kappa shape index (κ2) is 5.90. The van der Waals surface area contributed by atoms with Crippen LogP contribution in [0.15, 0.2) is 30.5 Å². The van der Waals surface area contributed by atoms with Gasteiger partial charge >= 0.3 is 0 Å². The topological polar surface area (TPSA) is 54.1 Å². The third-order valence-corrected chi connectivity index (χ3v) is 4.60. The molecule has 4 nitrogen and oxygen atoms in total. The Morgan fingerprint density at radius 2 is 2.19 bits per heavy atom.